The first kappa shape index (κ1) is 19.7. The number of carboxylic acid groups (broad SMARTS) is 1. The Kier molecular flexibility index (Phi) is 5.14. The Morgan fingerprint density at radius 1 is 1.07 bits per heavy atom. The lowest BCUT2D eigenvalue weighted by Crippen LogP contribution is -2.34. The Labute approximate surface area is 164 Å². The molecule has 0 saturated carbocycles. The summed E-state index contributed by atoms with van der Waals surface area (Å²) in [6.07, 6.45) is 0. The number of benzene rings is 2. The molecular weight excluding hydrogens is 380 g/mol. The van der Waals surface area contributed by atoms with Crippen LogP contribution in [-0.2, 0) is 14.4 Å². The molecule has 9 heteroatoms. The van der Waals surface area contributed by atoms with Gasteiger partial charge in [-0.05, 0) is 24.6 Å². The number of nitrogens with zero attached hydrogens (tertiary/aromatic N) is 2. The zero-order valence-corrected chi connectivity index (χ0v) is 15.2. The van der Waals surface area contributed by atoms with Gasteiger partial charge in [0.25, 0.3) is 17.4 Å². The van der Waals surface area contributed by atoms with E-state index in [0.29, 0.717) is 0 Å². The number of amides is 1. The molecule has 148 valence electrons. The zero-order valence-electron chi connectivity index (χ0n) is 15.2. The van der Waals surface area contributed by atoms with Gasteiger partial charge in [-0.1, -0.05) is 29.8 Å². The van der Waals surface area contributed by atoms with Gasteiger partial charge in [0.1, 0.15) is 12.3 Å². The number of hydrogen-bond donors (Lipinski definition) is 2. The molecule has 1 atom stereocenters. The second kappa shape index (κ2) is 7.55. The highest BCUT2D eigenvalue weighted by Crippen LogP contribution is 2.39. The number of carboxylic acids is 1. The maximum absolute atomic E-state index is 12.6. The van der Waals surface area contributed by atoms with Gasteiger partial charge in [0, 0.05) is 17.7 Å². The summed E-state index contributed by atoms with van der Waals surface area (Å²) in [5.41, 5.74) is 0.997. The molecule has 0 aromatic heterocycles. The Balaban J connectivity index is 2.18. The molecule has 0 radical (unpaired) electrons. The van der Waals surface area contributed by atoms with E-state index in [9.17, 15) is 29.6 Å². The number of likely N-dealkylation sites (tertiary alicyclic amines) is 1. The second-order valence-corrected chi connectivity index (χ2v) is 6.54. The molecule has 2 N–H and O–H groups in total. The number of non-ortho nitro benzene ring substituents is 1. The van der Waals surface area contributed by atoms with Crippen LogP contribution in [0.1, 0.15) is 22.7 Å². The maximum atomic E-state index is 12.6. The van der Waals surface area contributed by atoms with Crippen LogP contribution in [0, 0.1) is 17.0 Å². The number of aliphatic hydroxyl groups is 1. The van der Waals surface area contributed by atoms with Crippen molar-refractivity contribution in [3.05, 3.63) is 80.9 Å². The van der Waals surface area contributed by atoms with E-state index >= 15 is 0 Å². The van der Waals surface area contributed by atoms with E-state index in [1.807, 2.05) is 6.92 Å². The molecule has 1 heterocycles. The van der Waals surface area contributed by atoms with Crippen molar-refractivity contribution < 1.29 is 29.5 Å². The van der Waals surface area contributed by atoms with Crippen LogP contribution in [0.25, 0.3) is 5.76 Å². The number of aliphatic carboxylic acids is 1. The highest BCUT2D eigenvalue weighted by atomic mass is 16.6. The Morgan fingerprint density at radius 3 is 2.17 bits per heavy atom. The quantitative estimate of drug-likeness (QED) is 0.260. The molecule has 0 bridgehead atoms. The van der Waals surface area contributed by atoms with Gasteiger partial charge in [0.15, 0.2) is 0 Å². The standard InChI is InChI=1S/C20H16N2O7/c1-11-2-4-13(5-3-11)18(25)16-17(12-6-8-14(9-7-12)22(28)29)21(10-15(23)24)20(27)19(16)26/h2-9,17,25H,10H2,1H3,(H,23,24)/b18-16+/t17-/m0/s1. The van der Waals surface area contributed by atoms with Gasteiger partial charge in [0.2, 0.25) is 0 Å². The first-order valence-electron chi connectivity index (χ1n) is 8.52. The van der Waals surface area contributed by atoms with Crippen molar-refractivity contribution in [2.24, 2.45) is 0 Å². The predicted octanol–water partition coefficient (Wildman–Crippen LogP) is 2.41. The molecule has 0 aliphatic carbocycles. The molecule has 0 unspecified atom stereocenters. The summed E-state index contributed by atoms with van der Waals surface area (Å²) in [6.45, 7) is 1.07. The van der Waals surface area contributed by atoms with Gasteiger partial charge < -0.3 is 15.1 Å². The summed E-state index contributed by atoms with van der Waals surface area (Å²) in [4.78, 5) is 47.4. The molecule has 29 heavy (non-hydrogen) atoms. The largest absolute Gasteiger partial charge is 0.507 e. The van der Waals surface area contributed by atoms with Crippen LogP contribution in [0.5, 0.6) is 0 Å². The van der Waals surface area contributed by atoms with Crippen LogP contribution in [0.2, 0.25) is 0 Å². The first-order valence-corrected chi connectivity index (χ1v) is 8.52. The minimum absolute atomic E-state index is 0.206. The van der Waals surface area contributed by atoms with Gasteiger partial charge in [0.05, 0.1) is 16.5 Å². The molecule has 1 aliphatic heterocycles. The topological polar surface area (TPSA) is 138 Å². The first-order chi connectivity index (χ1) is 13.7. The summed E-state index contributed by atoms with van der Waals surface area (Å²) in [6, 6.07) is 10.4. The smallest absolute Gasteiger partial charge is 0.323 e. The molecule has 1 fully saturated rings. The third kappa shape index (κ3) is 3.70. The summed E-state index contributed by atoms with van der Waals surface area (Å²) in [5, 5.41) is 30.8. The minimum atomic E-state index is -1.34. The van der Waals surface area contributed by atoms with Gasteiger partial charge in [-0.2, -0.15) is 0 Å². The number of aliphatic hydroxyl groups excluding tert-OH is 1. The predicted molar refractivity (Wildman–Crippen MR) is 101 cm³/mol. The van der Waals surface area contributed by atoms with Gasteiger partial charge in [-0.3, -0.25) is 24.5 Å². The van der Waals surface area contributed by atoms with Crippen molar-refractivity contribution in [3.8, 4) is 0 Å². The number of rotatable bonds is 5. The van der Waals surface area contributed by atoms with Gasteiger partial charge in [-0.15, -0.1) is 0 Å². The zero-order chi connectivity index (χ0) is 21.3. The Morgan fingerprint density at radius 2 is 1.66 bits per heavy atom. The minimum Gasteiger partial charge on any atom is -0.507 e. The normalized spacial score (nSPS) is 18.1. The van der Waals surface area contributed by atoms with Crippen LogP contribution >= 0.6 is 0 Å². The van der Waals surface area contributed by atoms with Gasteiger partial charge >= 0.3 is 5.97 Å². The highest BCUT2D eigenvalue weighted by molar-refractivity contribution is 6.46. The summed E-state index contributed by atoms with van der Waals surface area (Å²) in [5.74, 6) is -3.87. The SMILES string of the molecule is Cc1ccc(/C(O)=C2\C(=O)C(=O)N(CC(=O)O)[C@H]2c2ccc([N+](=O)[O-])cc2)cc1. The third-order valence-electron chi connectivity index (χ3n) is 4.59. The molecular formula is C20H16N2O7. The maximum Gasteiger partial charge on any atom is 0.323 e. The van der Waals surface area contributed by atoms with E-state index in [-0.39, 0.29) is 22.4 Å². The third-order valence-corrected chi connectivity index (χ3v) is 4.59. The van der Waals surface area contributed by atoms with E-state index in [0.717, 1.165) is 10.5 Å². The molecule has 0 spiro atoms. The number of nitro groups is 1. The number of Topliss-reactive ketones (excluding diaryl/α,β-unsaturated/α-hetero) is 1. The number of carbonyl (C=O) groups excluding carboxylic acids is 2. The second-order valence-electron chi connectivity index (χ2n) is 6.54. The van der Waals surface area contributed by atoms with Crippen molar-refractivity contribution in [1.82, 2.24) is 4.90 Å². The van der Waals surface area contributed by atoms with Crippen molar-refractivity contribution in [1.29, 1.82) is 0 Å². The summed E-state index contributed by atoms with van der Waals surface area (Å²) in [7, 11) is 0. The Bertz CT molecular complexity index is 1040. The van der Waals surface area contributed by atoms with Crippen LogP contribution in [-0.4, -0.2) is 44.2 Å². The molecule has 3 rings (SSSR count). The average Bonchev–Trinajstić information content (AvgIpc) is 2.92. The van der Waals surface area contributed by atoms with Crippen LogP contribution in [0.4, 0.5) is 5.69 Å². The number of aryl methyl sites for hydroxylation is 1. The van der Waals surface area contributed by atoms with Crippen molar-refractivity contribution >= 4 is 29.1 Å². The molecule has 2 aromatic rings. The molecule has 1 saturated heterocycles. The van der Waals surface area contributed by atoms with E-state index in [1.54, 1.807) is 24.3 Å². The van der Waals surface area contributed by atoms with Crippen LogP contribution in [0.15, 0.2) is 54.1 Å². The van der Waals surface area contributed by atoms with E-state index < -0.39 is 40.9 Å². The fourth-order valence-electron chi connectivity index (χ4n) is 3.18. The number of carbonyl (C=O) groups is 3. The highest BCUT2D eigenvalue weighted by Gasteiger charge is 2.46. The van der Waals surface area contributed by atoms with Crippen LogP contribution < -0.4 is 0 Å². The monoisotopic (exact) mass is 396 g/mol. The fraction of sp³-hybridized carbons (Fsp3) is 0.150. The fourth-order valence-corrected chi connectivity index (χ4v) is 3.18. The lowest BCUT2D eigenvalue weighted by molar-refractivity contribution is -0.384. The number of hydrogen-bond acceptors (Lipinski definition) is 6. The number of nitro benzene ring substituents is 1. The molecule has 2 aromatic carbocycles. The van der Waals surface area contributed by atoms with Crippen molar-refractivity contribution in [2.45, 2.75) is 13.0 Å². The van der Waals surface area contributed by atoms with E-state index in [1.165, 1.54) is 24.3 Å². The number of ketones is 1. The van der Waals surface area contributed by atoms with E-state index in [4.69, 9.17) is 5.11 Å². The Hall–Kier alpha value is -4.01. The summed E-state index contributed by atoms with van der Waals surface area (Å²) < 4.78 is 0. The van der Waals surface area contributed by atoms with Crippen molar-refractivity contribution in [3.63, 3.8) is 0 Å². The van der Waals surface area contributed by atoms with Crippen LogP contribution in [0.3, 0.4) is 0 Å². The molecule has 1 aliphatic rings. The van der Waals surface area contributed by atoms with Gasteiger partial charge in [-0.25, -0.2) is 0 Å². The molecule has 1 amide bonds. The molecule has 9 nitrogen and oxygen atoms in total. The lowest BCUT2D eigenvalue weighted by Gasteiger charge is -2.23. The van der Waals surface area contributed by atoms with E-state index in [2.05, 4.69) is 0 Å². The average molecular weight is 396 g/mol. The summed E-state index contributed by atoms with van der Waals surface area (Å²) >= 11 is 0. The van der Waals surface area contributed by atoms with Crippen molar-refractivity contribution in [2.75, 3.05) is 6.54 Å². The lowest BCUT2D eigenvalue weighted by atomic mass is 9.95.